The van der Waals surface area contributed by atoms with E-state index in [1.807, 2.05) is 24.3 Å². The quantitative estimate of drug-likeness (QED) is 0.420. The van der Waals surface area contributed by atoms with Crippen LogP contribution in [-0.4, -0.2) is 68.8 Å². The van der Waals surface area contributed by atoms with Gasteiger partial charge in [-0.05, 0) is 44.2 Å². The highest BCUT2D eigenvalue weighted by molar-refractivity contribution is 7.92. The van der Waals surface area contributed by atoms with Gasteiger partial charge in [0.1, 0.15) is 11.6 Å². The van der Waals surface area contributed by atoms with Crippen molar-refractivity contribution in [1.82, 2.24) is 14.9 Å². The second kappa shape index (κ2) is 10.8. The topological polar surface area (TPSA) is 93.7 Å². The lowest BCUT2D eigenvalue weighted by Crippen LogP contribution is -2.49. The molecule has 0 atom stereocenters. The summed E-state index contributed by atoms with van der Waals surface area (Å²) in [6, 6.07) is 12.7. The minimum absolute atomic E-state index is 0.295. The molecule has 5 rings (SSSR count). The fourth-order valence-corrected chi connectivity index (χ4v) is 5.41. The number of fused-ring (bicyclic) bond motifs is 1. The smallest absolute Gasteiger partial charge is 0.232 e. The Hall–Kier alpha value is -3.70. The molecule has 1 aromatic heterocycles. The maximum absolute atomic E-state index is 15.2. The summed E-state index contributed by atoms with van der Waals surface area (Å²) >= 11 is 0. The van der Waals surface area contributed by atoms with Crippen molar-refractivity contribution < 1.29 is 12.8 Å². The summed E-state index contributed by atoms with van der Waals surface area (Å²) in [5.74, 6) is 0.564. The number of benzene rings is 2. The molecule has 0 unspecified atom stereocenters. The number of allylic oxidation sites excluding steroid dienone is 1. The number of piperazine rings is 1. The molecule has 0 bridgehead atoms. The lowest BCUT2D eigenvalue weighted by molar-refractivity contribution is 0.209. The van der Waals surface area contributed by atoms with E-state index in [1.54, 1.807) is 24.3 Å². The highest BCUT2D eigenvalue weighted by Gasteiger charge is 2.22. The molecule has 1 saturated heterocycles. The highest BCUT2D eigenvalue weighted by atomic mass is 32.2. The molecular formula is C28H34FN7O2S. The fourth-order valence-electron chi connectivity index (χ4n) is 4.90. The molecule has 11 heteroatoms. The van der Waals surface area contributed by atoms with E-state index in [9.17, 15) is 8.42 Å². The zero-order valence-electron chi connectivity index (χ0n) is 22.6. The molecule has 2 aromatic carbocycles. The number of sulfonamides is 1. The number of anilines is 6. The maximum Gasteiger partial charge on any atom is 0.232 e. The van der Waals surface area contributed by atoms with Crippen LogP contribution >= 0.6 is 0 Å². The van der Waals surface area contributed by atoms with E-state index in [-0.39, 0.29) is 5.82 Å². The van der Waals surface area contributed by atoms with Crippen LogP contribution in [0.2, 0.25) is 0 Å². The third kappa shape index (κ3) is 5.84. The Kier molecular flexibility index (Phi) is 7.46. The Balaban J connectivity index is 1.38. The van der Waals surface area contributed by atoms with Crippen molar-refractivity contribution in [2.75, 3.05) is 59.3 Å². The van der Waals surface area contributed by atoms with Crippen LogP contribution in [0.1, 0.15) is 25.1 Å². The zero-order valence-corrected chi connectivity index (χ0v) is 23.5. The van der Waals surface area contributed by atoms with Gasteiger partial charge in [0, 0.05) is 56.9 Å². The van der Waals surface area contributed by atoms with Crippen LogP contribution in [0.3, 0.4) is 0 Å². The number of hydrogen-bond acceptors (Lipinski definition) is 8. The van der Waals surface area contributed by atoms with Crippen molar-refractivity contribution in [3.63, 3.8) is 0 Å². The van der Waals surface area contributed by atoms with E-state index in [0.29, 0.717) is 47.0 Å². The zero-order chi connectivity index (χ0) is 27.7. The Bertz CT molecular complexity index is 1500. The fraction of sp³-hybridized carbons (Fsp3) is 0.357. The number of para-hydroxylation sites is 2. The normalized spacial score (nSPS) is 15.5. The van der Waals surface area contributed by atoms with Gasteiger partial charge in [-0.15, -0.1) is 0 Å². The van der Waals surface area contributed by atoms with Crippen LogP contribution in [0.4, 0.5) is 38.9 Å². The molecule has 0 spiro atoms. The van der Waals surface area contributed by atoms with E-state index in [2.05, 4.69) is 44.2 Å². The summed E-state index contributed by atoms with van der Waals surface area (Å²) in [5, 5.41) is 6.45. The van der Waals surface area contributed by atoms with Crippen molar-refractivity contribution in [3.8, 4) is 0 Å². The van der Waals surface area contributed by atoms with Gasteiger partial charge >= 0.3 is 0 Å². The average molecular weight is 552 g/mol. The molecule has 1 aliphatic carbocycles. The highest BCUT2D eigenvalue weighted by Crippen LogP contribution is 2.34. The minimum atomic E-state index is -3.46. The number of hydrogen-bond donors (Lipinski definition) is 2. The SMILES string of the molecule is CC(C)N1CCN(c2ccc(Nc3nc4c(c(Nc5ccccc5N(C)S(C)(=O)=O)n3)C=CC4)cc2F)CC1. The minimum Gasteiger partial charge on any atom is -0.367 e. The predicted molar refractivity (Wildman–Crippen MR) is 156 cm³/mol. The van der Waals surface area contributed by atoms with Crippen LogP contribution in [0.5, 0.6) is 0 Å². The number of nitrogens with one attached hydrogen (secondary N) is 2. The van der Waals surface area contributed by atoms with Gasteiger partial charge in [0.25, 0.3) is 0 Å². The molecule has 2 heterocycles. The van der Waals surface area contributed by atoms with E-state index < -0.39 is 10.0 Å². The third-order valence-electron chi connectivity index (χ3n) is 7.20. The number of rotatable bonds is 8. The molecule has 39 heavy (non-hydrogen) atoms. The van der Waals surface area contributed by atoms with Gasteiger partial charge in [0.2, 0.25) is 16.0 Å². The van der Waals surface area contributed by atoms with Gasteiger partial charge in [-0.1, -0.05) is 24.3 Å². The summed E-state index contributed by atoms with van der Waals surface area (Å²) in [5.41, 5.74) is 3.88. The summed E-state index contributed by atoms with van der Waals surface area (Å²) in [4.78, 5) is 13.8. The van der Waals surface area contributed by atoms with Crippen LogP contribution in [0.15, 0.2) is 48.5 Å². The summed E-state index contributed by atoms with van der Waals surface area (Å²) in [6.07, 6.45) is 5.74. The van der Waals surface area contributed by atoms with Crippen molar-refractivity contribution in [1.29, 1.82) is 0 Å². The molecule has 0 saturated carbocycles. The molecule has 206 valence electrons. The molecule has 0 amide bonds. The first-order valence-electron chi connectivity index (χ1n) is 13.0. The van der Waals surface area contributed by atoms with Crippen LogP contribution in [-0.2, 0) is 16.4 Å². The van der Waals surface area contributed by atoms with Crippen molar-refractivity contribution in [2.24, 2.45) is 0 Å². The first-order valence-corrected chi connectivity index (χ1v) is 14.9. The summed E-state index contributed by atoms with van der Waals surface area (Å²) < 4.78 is 40.8. The molecule has 2 aliphatic rings. The van der Waals surface area contributed by atoms with Gasteiger partial charge < -0.3 is 15.5 Å². The number of halogens is 1. The molecule has 1 fully saturated rings. The predicted octanol–water partition coefficient (Wildman–Crippen LogP) is 4.60. The van der Waals surface area contributed by atoms with Crippen molar-refractivity contribution in [3.05, 3.63) is 65.6 Å². The molecule has 0 radical (unpaired) electrons. The molecular weight excluding hydrogens is 517 g/mol. The molecule has 1 aliphatic heterocycles. The van der Waals surface area contributed by atoms with Crippen LogP contribution < -0.4 is 19.8 Å². The monoisotopic (exact) mass is 551 g/mol. The summed E-state index contributed by atoms with van der Waals surface area (Å²) in [7, 11) is -1.95. The molecule has 9 nitrogen and oxygen atoms in total. The van der Waals surface area contributed by atoms with Crippen molar-refractivity contribution >= 4 is 50.6 Å². The summed E-state index contributed by atoms with van der Waals surface area (Å²) in [6.45, 7) is 7.75. The Morgan fingerprint density at radius 3 is 2.46 bits per heavy atom. The Morgan fingerprint density at radius 2 is 1.77 bits per heavy atom. The maximum atomic E-state index is 15.2. The van der Waals surface area contributed by atoms with Gasteiger partial charge in [0.15, 0.2) is 0 Å². The van der Waals surface area contributed by atoms with Gasteiger partial charge in [0.05, 0.1) is 29.0 Å². The van der Waals surface area contributed by atoms with Gasteiger partial charge in [-0.2, -0.15) is 4.98 Å². The first kappa shape index (κ1) is 26.9. The van der Waals surface area contributed by atoms with E-state index >= 15 is 4.39 Å². The lowest BCUT2D eigenvalue weighted by Gasteiger charge is -2.38. The first-order chi connectivity index (χ1) is 18.6. The average Bonchev–Trinajstić information content (AvgIpc) is 3.37. The Labute approximate surface area is 229 Å². The third-order valence-corrected chi connectivity index (χ3v) is 8.39. The largest absolute Gasteiger partial charge is 0.367 e. The van der Waals surface area contributed by atoms with Crippen LogP contribution in [0.25, 0.3) is 6.08 Å². The molecule has 2 N–H and O–H groups in total. The van der Waals surface area contributed by atoms with Crippen molar-refractivity contribution in [2.45, 2.75) is 26.3 Å². The Morgan fingerprint density at radius 1 is 1.03 bits per heavy atom. The second-order valence-corrected chi connectivity index (χ2v) is 12.2. The van der Waals surface area contributed by atoms with Crippen LogP contribution in [0, 0.1) is 5.82 Å². The van der Waals surface area contributed by atoms with E-state index in [4.69, 9.17) is 0 Å². The molecule has 3 aromatic rings. The van der Waals surface area contributed by atoms with Gasteiger partial charge in [-0.3, -0.25) is 9.21 Å². The van der Waals surface area contributed by atoms with E-state index in [0.717, 1.165) is 43.7 Å². The standard InChI is InChI=1S/C28H34FN7O2S/c1-19(2)35-14-16-36(17-15-35)25-13-12-20(18-22(25)29)30-28-32-23-10-7-8-21(23)27(33-28)31-24-9-5-6-11-26(24)34(3)39(4,37)38/h5-9,11-13,18-19H,10,14-17H2,1-4H3,(H2,30,31,32,33). The van der Waals surface area contributed by atoms with E-state index in [1.165, 1.54) is 17.4 Å². The van der Waals surface area contributed by atoms with Gasteiger partial charge in [-0.25, -0.2) is 17.8 Å². The lowest BCUT2D eigenvalue weighted by atomic mass is 10.2. The second-order valence-electron chi connectivity index (χ2n) is 10.1. The number of aromatic nitrogens is 2. The number of nitrogens with zero attached hydrogens (tertiary/aromatic N) is 5.